The van der Waals surface area contributed by atoms with Crippen LogP contribution in [0.25, 0.3) is 0 Å². The molecular formula is C67H130O17P2. The molecule has 0 heterocycles. The van der Waals surface area contributed by atoms with Crippen molar-refractivity contribution in [2.45, 2.75) is 361 Å². The van der Waals surface area contributed by atoms with E-state index in [0.717, 1.165) is 103 Å². The van der Waals surface area contributed by atoms with Crippen molar-refractivity contribution >= 4 is 39.5 Å². The molecule has 19 heteroatoms. The minimum Gasteiger partial charge on any atom is -0.462 e. The molecule has 0 rings (SSSR count). The molecule has 0 aliphatic heterocycles. The summed E-state index contributed by atoms with van der Waals surface area (Å²) in [5.41, 5.74) is 0. The number of phosphoric acid groups is 2. The SMILES string of the molecule is CCCCCCCCCCCCCCCCCCCCCC(=O)O[C@H](COC(=O)CCCCCCCCCC(C)C)COP(=O)(O)OC[C@@H](O)COP(=O)(O)OC[C@@H](COC(=O)CCCCCCCCCC)OC(=O)CCCCCCCCCCC. The zero-order valence-corrected chi connectivity index (χ0v) is 57.2. The highest BCUT2D eigenvalue weighted by Crippen LogP contribution is 2.45. The number of hydrogen-bond acceptors (Lipinski definition) is 15. The summed E-state index contributed by atoms with van der Waals surface area (Å²) in [5.74, 6) is -1.43. The lowest BCUT2D eigenvalue weighted by Gasteiger charge is -2.21. The number of phosphoric ester groups is 2. The first-order chi connectivity index (χ1) is 41.5. The van der Waals surface area contributed by atoms with E-state index in [-0.39, 0.29) is 25.7 Å². The largest absolute Gasteiger partial charge is 0.472 e. The van der Waals surface area contributed by atoms with Crippen molar-refractivity contribution in [2.75, 3.05) is 39.6 Å². The first kappa shape index (κ1) is 84.1. The zero-order valence-electron chi connectivity index (χ0n) is 55.4. The normalized spacial score (nSPS) is 14.2. The zero-order chi connectivity index (χ0) is 63.5. The molecule has 3 N–H and O–H groups in total. The molecule has 0 aromatic rings. The summed E-state index contributed by atoms with van der Waals surface area (Å²) in [6, 6.07) is 0. The molecular weight excluding hydrogens is 1140 g/mol. The lowest BCUT2D eigenvalue weighted by Crippen LogP contribution is -2.30. The molecule has 2 unspecified atom stereocenters. The van der Waals surface area contributed by atoms with Crippen molar-refractivity contribution in [1.29, 1.82) is 0 Å². The van der Waals surface area contributed by atoms with Gasteiger partial charge in [0, 0.05) is 25.7 Å². The second kappa shape index (κ2) is 60.6. The molecule has 0 fully saturated rings. The van der Waals surface area contributed by atoms with E-state index in [0.29, 0.717) is 31.6 Å². The molecule has 510 valence electrons. The van der Waals surface area contributed by atoms with Crippen LogP contribution in [0.3, 0.4) is 0 Å². The van der Waals surface area contributed by atoms with Crippen LogP contribution in [0.2, 0.25) is 0 Å². The number of hydrogen-bond donors (Lipinski definition) is 3. The fourth-order valence-corrected chi connectivity index (χ4v) is 11.7. The van der Waals surface area contributed by atoms with Gasteiger partial charge in [0.15, 0.2) is 12.2 Å². The van der Waals surface area contributed by atoms with Crippen LogP contribution in [0, 0.1) is 5.92 Å². The standard InChI is InChI=1S/C67H130O17P2/c1-6-9-12-15-18-21-22-23-24-25-26-27-28-29-30-32-37-43-48-53-67(72)84-63(57-78-65(70)51-46-41-38-33-34-39-44-49-60(4)5)59-82-86(75,76)80-55-61(68)54-79-85(73,74)81-58-62(56-77-64(69)50-45-40-35-20-17-14-11-8-3)83-66(71)52-47-42-36-31-19-16-13-10-7-2/h60-63,68H,6-59H2,1-5H3,(H,73,74)(H,75,76)/t61-,62+,63+/m0/s1. The van der Waals surface area contributed by atoms with Crippen molar-refractivity contribution in [3.63, 3.8) is 0 Å². The van der Waals surface area contributed by atoms with E-state index < -0.39 is 97.5 Å². The van der Waals surface area contributed by atoms with Gasteiger partial charge in [0.1, 0.15) is 19.3 Å². The summed E-state index contributed by atoms with van der Waals surface area (Å²) in [7, 11) is -9.88. The first-order valence-corrected chi connectivity index (χ1v) is 38.1. The van der Waals surface area contributed by atoms with Crippen LogP contribution in [0.15, 0.2) is 0 Å². The van der Waals surface area contributed by atoms with Crippen molar-refractivity contribution in [3.8, 4) is 0 Å². The highest BCUT2D eigenvalue weighted by Gasteiger charge is 2.30. The second-order valence-corrected chi connectivity index (χ2v) is 27.6. The molecule has 0 bridgehead atoms. The van der Waals surface area contributed by atoms with Gasteiger partial charge >= 0.3 is 39.5 Å². The van der Waals surface area contributed by atoms with E-state index >= 15 is 0 Å². The van der Waals surface area contributed by atoms with E-state index in [9.17, 15) is 43.2 Å². The van der Waals surface area contributed by atoms with Gasteiger partial charge in [-0.3, -0.25) is 37.3 Å². The summed E-state index contributed by atoms with van der Waals surface area (Å²) in [4.78, 5) is 72.2. The summed E-state index contributed by atoms with van der Waals surface area (Å²) in [6.45, 7) is 7.12. The molecule has 0 aromatic heterocycles. The Kier molecular flexibility index (Phi) is 59.2. The fraction of sp³-hybridized carbons (Fsp3) is 0.940. The predicted octanol–water partition coefficient (Wildman–Crippen LogP) is 19.0. The molecule has 5 atom stereocenters. The first-order valence-electron chi connectivity index (χ1n) is 35.1. The maximum absolute atomic E-state index is 13.0. The van der Waals surface area contributed by atoms with E-state index in [2.05, 4.69) is 34.6 Å². The van der Waals surface area contributed by atoms with Gasteiger partial charge in [-0.15, -0.1) is 0 Å². The van der Waals surface area contributed by atoms with E-state index in [1.54, 1.807) is 0 Å². The van der Waals surface area contributed by atoms with E-state index in [1.807, 2.05) is 0 Å². The Balaban J connectivity index is 5.15. The molecule has 0 aliphatic rings. The maximum atomic E-state index is 13.0. The number of aliphatic hydroxyl groups is 1. The lowest BCUT2D eigenvalue weighted by molar-refractivity contribution is -0.161. The Morgan fingerprint density at radius 1 is 0.314 bits per heavy atom. The molecule has 0 spiro atoms. The van der Waals surface area contributed by atoms with E-state index in [1.165, 1.54) is 154 Å². The van der Waals surface area contributed by atoms with Crippen molar-refractivity contribution in [1.82, 2.24) is 0 Å². The van der Waals surface area contributed by atoms with Gasteiger partial charge in [0.25, 0.3) is 0 Å². The quantitative estimate of drug-likeness (QED) is 0.0222. The third-order valence-electron chi connectivity index (χ3n) is 15.5. The summed E-state index contributed by atoms with van der Waals surface area (Å²) in [6.07, 6.45) is 46.1. The Morgan fingerprint density at radius 2 is 0.535 bits per heavy atom. The topological polar surface area (TPSA) is 237 Å². The number of rotatable bonds is 67. The average molecular weight is 1270 g/mol. The molecule has 0 amide bonds. The summed E-state index contributed by atoms with van der Waals surface area (Å²) >= 11 is 0. The van der Waals surface area contributed by atoms with Crippen LogP contribution in [-0.2, 0) is 65.4 Å². The minimum absolute atomic E-state index is 0.106. The number of aliphatic hydroxyl groups excluding tert-OH is 1. The number of esters is 4. The molecule has 86 heavy (non-hydrogen) atoms. The number of carbonyl (C=O) groups is 4. The van der Waals surface area contributed by atoms with Gasteiger partial charge in [-0.2, -0.15) is 0 Å². The average Bonchev–Trinajstić information content (AvgIpc) is 3.68. The monoisotopic (exact) mass is 1270 g/mol. The van der Waals surface area contributed by atoms with Gasteiger partial charge in [-0.25, -0.2) is 9.13 Å². The highest BCUT2D eigenvalue weighted by atomic mass is 31.2. The van der Waals surface area contributed by atoms with Gasteiger partial charge in [0.2, 0.25) is 0 Å². The number of unbranched alkanes of at least 4 members (excludes halogenated alkanes) is 39. The highest BCUT2D eigenvalue weighted by molar-refractivity contribution is 7.47. The predicted molar refractivity (Wildman–Crippen MR) is 345 cm³/mol. The molecule has 0 saturated carbocycles. The molecule has 0 saturated heterocycles. The van der Waals surface area contributed by atoms with Crippen molar-refractivity contribution in [3.05, 3.63) is 0 Å². The van der Waals surface area contributed by atoms with Crippen LogP contribution in [-0.4, -0.2) is 96.7 Å². The van der Waals surface area contributed by atoms with Crippen molar-refractivity contribution in [2.24, 2.45) is 5.92 Å². The Morgan fingerprint density at radius 3 is 0.791 bits per heavy atom. The Bertz CT molecular complexity index is 1670. The fourth-order valence-electron chi connectivity index (χ4n) is 10.1. The van der Waals surface area contributed by atoms with Crippen LogP contribution in [0.4, 0.5) is 0 Å². The maximum Gasteiger partial charge on any atom is 0.472 e. The third kappa shape index (κ3) is 60.9. The molecule has 17 nitrogen and oxygen atoms in total. The summed E-state index contributed by atoms with van der Waals surface area (Å²) < 4.78 is 68.0. The smallest absolute Gasteiger partial charge is 0.462 e. The molecule has 0 radical (unpaired) electrons. The van der Waals surface area contributed by atoms with Gasteiger partial charge in [-0.05, 0) is 31.6 Å². The molecule has 0 aromatic carbocycles. The van der Waals surface area contributed by atoms with Crippen LogP contribution < -0.4 is 0 Å². The second-order valence-electron chi connectivity index (χ2n) is 24.7. The van der Waals surface area contributed by atoms with Gasteiger partial charge in [-0.1, -0.05) is 291 Å². The van der Waals surface area contributed by atoms with E-state index in [4.69, 9.17) is 37.0 Å². The van der Waals surface area contributed by atoms with Crippen molar-refractivity contribution < 1.29 is 80.2 Å². The van der Waals surface area contributed by atoms with Gasteiger partial charge < -0.3 is 33.8 Å². The molecule has 0 aliphatic carbocycles. The lowest BCUT2D eigenvalue weighted by atomic mass is 10.0. The minimum atomic E-state index is -4.95. The van der Waals surface area contributed by atoms with Crippen LogP contribution in [0.1, 0.15) is 343 Å². The van der Waals surface area contributed by atoms with Crippen LogP contribution in [0.5, 0.6) is 0 Å². The Hall–Kier alpha value is -1.94. The van der Waals surface area contributed by atoms with Crippen LogP contribution >= 0.6 is 15.6 Å². The Labute approximate surface area is 524 Å². The van der Waals surface area contributed by atoms with Gasteiger partial charge in [0.05, 0.1) is 26.4 Å². The number of ether oxygens (including phenoxy) is 4. The summed E-state index contributed by atoms with van der Waals surface area (Å²) in [5, 5.41) is 10.5. The number of carbonyl (C=O) groups excluding carboxylic acids is 4. The third-order valence-corrected chi connectivity index (χ3v) is 17.4.